The molecular formula is C36H42O8. The number of ether oxygens (including phenoxy) is 8. The quantitative estimate of drug-likeness (QED) is 0.144. The molecule has 0 radical (unpaired) electrons. The first-order chi connectivity index (χ1) is 21.4. The van der Waals surface area contributed by atoms with Crippen molar-refractivity contribution < 1.29 is 37.9 Å². The molecule has 8 nitrogen and oxygen atoms in total. The fourth-order valence-corrected chi connectivity index (χ4v) is 5.39. The summed E-state index contributed by atoms with van der Waals surface area (Å²) in [6.45, 7) is 0. The highest BCUT2D eigenvalue weighted by Gasteiger charge is 2.19. The summed E-state index contributed by atoms with van der Waals surface area (Å²) in [4.78, 5) is 0. The van der Waals surface area contributed by atoms with Crippen molar-refractivity contribution in [3.63, 3.8) is 0 Å². The largest absolute Gasteiger partial charge is 0.493 e. The second kappa shape index (κ2) is 15.1. The Kier molecular flexibility index (Phi) is 11.1. The molecule has 0 aliphatic heterocycles. The van der Waals surface area contributed by atoms with E-state index in [1.807, 2.05) is 36.4 Å². The van der Waals surface area contributed by atoms with Gasteiger partial charge in [0.2, 0.25) is 0 Å². The van der Waals surface area contributed by atoms with Gasteiger partial charge in [0.15, 0.2) is 46.0 Å². The zero-order chi connectivity index (χ0) is 31.6. The van der Waals surface area contributed by atoms with Crippen molar-refractivity contribution in [2.45, 2.75) is 25.7 Å². The number of hydrogen-bond donors (Lipinski definition) is 0. The van der Waals surface area contributed by atoms with Crippen molar-refractivity contribution in [3.8, 4) is 57.1 Å². The van der Waals surface area contributed by atoms with Crippen LogP contribution in [0.15, 0.2) is 60.7 Å². The van der Waals surface area contributed by atoms with Gasteiger partial charge in [-0.05, 0) is 108 Å². The lowest BCUT2D eigenvalue weighted by atomic mass is 9.89. The maximum absolute atomic E-state index is 5.75. The lowest BCUT2D eigenvalue weighted by molar-refractivity contribution is 0.354. The van der Waals surface area contributed by atoms with E-state index < -0.39 is 0 Å². The minimum Gasteiger partial charge on any atom is -0.493 e. The lowest BCUT2D eigenvalue weighted by Gasteiger charge is -2.20. The van der Waals surface area contributed by atoms with E-state index in [1.165, 1.54) is 0 Å². The predicted octanol–water partition coefficient (Wildman–Crippen LogP) is 6.99. The third kappa shape index (κ3) is 7.08. The first-order valence-corrected chi connectivity index (χ1v) is 14.3. The monoisotopic (exact) mass is 602 g/mol. The maximum Gasteiger partial charge on any atom is 0.161 e. The SMILES string of the molecule is COc1ccc(CCc2cc(OC)c(OC)cc2-c2cc(OC)c(OC)cc2CCc2ccc(OC)c(OC)c2)cc1OC. The molecule has 0 spiro atoms. The molecular weight excluding hydrogens is 560 g/mol. The minimum atomic E-state index is 0.651. The molecule has 0 bridgehead atoms. The summed E-state index contributed by atoms with van der Waals surface area (Å²) in [5.74, 6) is 5.46. The van der Waals surface area contributed by atoms with E-state index in [0.717, 1.165) is 59.1 Å². The Bertz CT molecular complexity index is 1450. The van der Waals surface area contributed by atoms with Crippen molar-refractivity contribution in [3.05, 3.63) is 82.9 Å². The van der Waals surface area contributed by atoms with Crippen molar-refractivity contribution >= 4 is 0 Å². The molecule has 0 saturated heterocycles. The van der Waals surface area contributed by atoms with Crippen LogP contribution in [0.1, 0.15) is 22.3 Å². The molecule has 0 aliphatic rings. The second-order valence-corrected chi connectivity index (χ2v) is 10.1. The highest BCUT2D eigenvalue weighted by atomic mass is 16.5. The molecule has 0 N–H and O–H groups in total. The van der Waals surface area contributed by atoms with Crippen molar-refractivity contribution in [2.24, 2.45) is 0 Å². The van der Waals surface area contributed by atoms with Crippen LogP contribution in [0.5, 0.6) is 46.0 Å². The summed E-state index contributed by atoms with van der Waals surface area (Å²) < 4.78 is 44.9. The van der Waals surface area contributed by atoms with Gasteiger partial charge in [-0.3, -0.25) is 0 Å². The molecule has 44 heavy (non-hydrogen) atoms. The van der Waals surface area contributed by atoms with Crippen LogP contribution in [0.25, 0.3) is 11.1 Å². The summed E-state index contributed by atoms with van der Waals surface area (Å²) in [5, 5.41) is 0. The second-order valence-electron chi connectivity index (χ2n) is 10.1. The Labute approximate surface area is 260 Å². The van der Waals surface area contributed by atoms with Crippen LogP contribution in [-0.2, 0) is 25.7 Å². The minimum absolute atomic E-state index is 0.651. The Hall–Kier alpha value is -4.72. The normalized spacial score (nSPS) is 10.6. The van der Waals surface area contributed by atoms with Gasteiger partial charge in [0.1, 0.15) is 0 Å². The first kappa shape index (κ1) is 32.2. The summed E-state index contributed by atoms with van der Waals surface area (Å²) >= 11 is 0. The molecule has 4 rings (SSSR count). The van der Waals surface area contributed by atoms with Gasteiger partial charge in [-0.2, -0.15) is 0 Å². The third-order valence-corrected chi connectivity index (χ3v) is 7.77. The van der Waals surface area contributed by atoms with E-state index in [1.54, 1.807) is 56.9 Å². The standard InChI is InChI=1S/C36H42O8/c1-37-29-15-11-23(17-31(29)39-3)9-13-25-19-33(41-5)35(43-7)21-27(25)28-22-36(44-8)34(42-6)20-26(28)14-10-24-12-16-30(38-2)32(18-24)40-4/h11-12,15-22H,9-10,13-14H2,1-8H3. The predicted molar refractivity (Wildman–Crippen MR) is 172 cm³/mol. The molecule has 0 aliphatic carbocycles. The van der Waals surface area contributed by atoms with Crippen LogP contribution < -0.4 is 37.9 Å². The smallest absolute Gasteiger partial charge is 0.161 e. The number of benzene rings is 4. The van der Waals surface area contributed by atoms with Crippen LogP contribution in [0.3, 0.4) is 0 Å². The molecule has 0 atom stereocenters. The number of methoxy groups -OCH3 is 8. The first-order valence-electron chi connectivity index (χ1n) is 14.3. The van der Waals surface area contributed by atoms with Crippen LogP contribution in [-0.4, -0.2) is 56.9 Å². The van der Waals surface area contributed by atoms with Crippen LogP contribution >= 0.6 is 0 Å². The zero-order valence-corrected chi connectivity index (χ0v) is 26.9. The van der Waals surface area contributed by atoms with Gasteiger partial charge in [0, 0.05) is 0 Å². The fourth-order valence-electron chi connectivity index (χ4n) is 5.39. The van der Waals surface area contributed by atoms with Crippen LogP contribution in [0.4, 0.5) is 0 Å². The van der Waals surface area contributed by atoms with E-state index in [0.29, 0.717) is 46.0 Å². The number of aryl methyl sites for hydroxylation is 4. The Morgan fingerprint density at radius 3 is 0.932 bits per heavy atom. The van der Waals surface area contributed by atoms with Crippen molar-refractivity contribution in [1.29, 1.82) is 0 Å². The third-order valence-electron chi connectivity index (χ3n) is 7.77. The molecule has 0 saturated carbocycles. The van der Waals surface area contributed by atoms with Crippen molar-refractivity contribution in [2.75, 3.05) is 56.9 Å². The Morgan fingerprint density at radius 2 is 0.614 bits per heavy atom. The molecule has 0 aromatic heterocycles. The summed E-state index contributed by atoms with van der Waals surface area (Å²) in [6, 6.07) is 20.2. The van der Waals surface area contributed by atoms with E-state index in [2.05, 4.69) is 24.3 Å². The summed E-state index contributed by atoms with van der Waals surface area (Å²) in [5.41, 5.74) is 6.54. The van der Waals surface area contributed by atoms with Gasteiger partial charge < -0.3 is 37.9 Å². The average Bonchev–Trinajstić information content (AvgIpc) is 3.08. The average molecular weight is 603 g/mol. The van der Waals surface area contributed by atoms with Gasteiger partial charge in [-0.25, -0.2) is 0 Å². The number of rotatable bonds is 15. The number of hydrogen-bond acceptors (Lipinski definition) is 8. The van der Waals surface area contributed by atoms with Crippen molar-refractivity contribution in [1.82, 2.24) is 0 Å². The van der Waals surface area contributed by atoms with Gasteiger partial charge >= 0.3 is 0 Å². The molecule has 0 amide bonds. The van der Waals surface area contributed by atoms with Gasteiger partial charge in [-0.15, -0.1) is 0 Å². The zero-order valence-electron chi connectivity index (χ0n) is 26.9. The molecule has 0 unspecified atom stereocenters. The highest BCUT2D eigenvalue weighted by Crippen LogP contribution is 2.42. The fraction of sp³-hybridized carbons (Fsp3) is 0.333. The van der Waals surface area contributed by atoms with Crippen LogP contribution in [0, 0.1) is 0 Å². The molecule has 234 valence electrons. The molecule has 4 aromatic carbocycles. The topological polar surface area (TPSA) is 73.8 Å². The summed E-state index contributed by atoms with van der Waals surface area (Å²) in [6.07, 6.45) is 3.04. The summed E-state index contributed by atoms with van der Waals surface area (Å²) in [7, 11) is 13.2. The molecule has 8 heteroatoms. The lowest BCUT2D eigenvalue weighted by Crippen LogP contribution is -2.03. The highest BCUT2D eigenvalue weighted by molar-refractivity contribution is 5.77. The van der Waals surface area contributed by atoms with Gasteiger partial charge in [0.05, 0.1) is 56.9 Å². The maximum atomic E-state index is 5.75. The van der Waals surface area contributed by atoms with E-state index in [9.17, 15) is 0 Å². The van der Waals surface area contributed by atoms with E-state index >= 15 is 0 Å². The van der Waals surface area contributed by atoms with E-state index in [-0.39, 0.29) is 0 Å². The van der Waals surface area contributed by atoms with E-state index in [4.69, 9.17) is 37.9 Å². The van der Waals surface area contributed by atoms with Gasteiger partial charge in [0.25, 0.3) is 0 Å². The Morgan fingerprint density at radius 1 is 0.318 bits per heavy atom. The van der Waals surface area contributed by atoms with Gasteiger partial charge in [-0.1, -0.05) is 12.1 Å². The molecule has 0 heterocycles. The molecule has 0 fully saturated rings. The molecule has 4 aromatic rings. The Balaban J connectivity index is 1.79. The van der Waals surface area contributed by atoms with Crippen LogP contribution in [0.2, 0.25) is 0 Å².